The lowest BCUT2D eigenvalue weighted by Gasteiger charge is -1.98. The third-order valence-corrected chi connectivity index (χ3v) is 4.65. The summed E-state index contributed by atoms with van der Waals surface area (Å²) >= 11 is 1.69. The predicted molar refractivity (Wildman–Crippen MR) is 86.8 cm³/mol. The summed E-state index contributed by atoms with van der Waals surface area (Å²) in [7, 11) is 0. The molecule has 0 saturated carbocycles. The Kier molecular flexibility index (Phi) is 2.98. The minimum atomic E-state index is 0.187. The molecule has 0 unspecified atom stereocenters. The molecule has 0 atom stereocenters. The van der Waals surface area contributed by atoms with E-state index in [2.05, 4.69) is 40.9 Å². The van der Waals surface area contributed by atoms with E-state index >= 15 is 0 Å². The van der Waals surface area contributed by atoms with Crippen LogP contribution in [0, 0.1) is 0 Å². The lowest BCUT2D eigenvalue weighted by atomic mass is 10.1. The van der Waals surface area contributed by atoms with Gasteiger partial charge in [-0.25, -0.2) is 4.98 Å². The van der Waals surface area contributed by atoms with Gasteiger partial charge in [0.1, 0.15) is 0 Å². The molecule has 1 N–H and O–H groups in total. The van der Waals surface area contributed by atoms with E-state index in [1.807, 2.05) is 18.2 Å². The summed E-state index contributed by atoms with van der Waals surface area (Å²) in [5, 5.41) is 9.04. The van der Waals surface area contributed by atoms with Gasteiger partial charge in [0.2, 0.25) is 0 Å². The number of rotatable bonds is 3. The summed E-state index contributed by atoms with van der Waals surface area (Å²) < 4.78 is 3.36. The Labute approximate surface area is 126 Å². The largest absolute Gasteiger partial charge is 0.396 e. The Morgan fingerprint density at radius 3 is 2.76 bits per heavy atom. The van der Waals surface area contributed by atoms with Crippen LogP contribution in [-0.4, -0.2) is 21.1 Å². The van der Waals surface area contributed by atoms with E-state index in [1.165, 1.54) is 10.2 Å². The summed E-state index contributed by atoms with van der Waals surface area (Å²) in [6.07, 6.45) is 2.79. The van der Waals surface area contributed by atoms with Crippen LogP contribution < -0.4 is 0 Å². The van der Waals surface area contributed by atoms with E-state index in [0.717, 1.165) is 21.8 Å². The van der Waals surface area contributed by atoms with E-state index in [-0.39, 0.29) is 6.61 Å². The number of imidazole rings is 1. The zero-order valence-electron chi connectivity index (χ0n) is 11.4. The predicted octanol–water partition coefficient (Wildman–Crippen LogP) is 3.75. The minimum Gasteiger partial charge on any atom is -0.396 e. The van der Waals surface area contributed by atoms with Crippen molar-refractivity contribution in [1.82, 2.24) is 9.38 Å². The highest BCUT2D eigenvalue weighted by Gasteiger charge is 2.10. The molecular formula is C17H14N2OS. The van der Waals surface area contributed by atoms with Gasteiger partial charge in [-0.15, -0.1) is 0 Å². The molecular weight excluding hydrogens is 280 g/mol. The molecule has 4 heteroatoms. The fraction of sp³-hybridized carbons (Fsp3) is 0.118. The monoisotopic (exact) mass is 294 g/mol. The van der Waals surface area contributed by atoms with Crippen LogP contribution in [0.25, 0.3) is 26.4 Å². The van der Waals surface area contributed by atoms with Crippen LogP contribution in [0.15, 0.2) is 54.7 Å². The van der Waals surface area contributed by atoms with Crippen molar-refractivity contribution in [2.45, 2.75) is 6.42 Å². The number of nitrogens with zero attached hydrogens (tertiary/aromatic N) is 2. The van der Waals surface area contributed by atoms with Gasteiger partial charge in [-0.3, -0.25) is 4.40 Å². The van der Waals surface area contributed by atoms with Gasteiger partial charge in [-0.2, -0.15) is 0 Å². The van der Waals surface area contributed by atoms with E-state index in [9.17, 15) is 0 Å². The van der Waals surface area contributed by atoms with Gasteiger partial charge in [-0.05, 0) is 24.1 Å². The van der Waals surface area contributed by atoms with Crippen molar-refractivity contribution in [1.29, 1.82) is 0 Å². The molecule has 4 aromatic rings. The highest BCUT2D eigenvalue weighted by Crippen LogP contribution is 2.30. The maximum atomic E-state index is 9.04. The van der Waals surface area contributed by atoms with Crippen molar-refractivity contribution in [3.8, 4) is 11.3 Å². The number of aliphatic hydroxyl groups is 1. The van der Waals surface area contributed by atoms with Gasteiger partial charge in [0.05, 0.1) is 15.9 Å². The molecule has 21 heavy (non-hydrogen) atoms. The topological polar surface area (TPSA) is 37.5 Å². The van der Waals surface area contributed by atoms with Crippen molar-refractivity contribution >= 4 is 26.5 Å². The number of thiazole rings is 1. The van der Waals surface area contributed by atoms with Crippen LogP contribution in [0.5, 0.6) is 0 Å². The summed E-state index contributed by atoms with van der Waals surface area (Å²) in [6.45, 7) is 0.187. The van der Waals surface area contributed by atoms with Crippen molar-refractivity contribution in [3.63, 3.8) is 0 Å². The first-order chi connectivity index (χ1) is 10.3. The summed E-state index contributed by atoms with van der Waals surface area (Å²) in [6, 6.07) is 16.6. The number of aromatic nitrogens is 2. The first-order valence-electron chi connectivity index (χ1n) is 6.92. The standard InChI is InChI=1S/C17H14N2OS/c20-9-8-12-6-7-15-16(10-12)21-17-18-14(11-19(15)17)13-4-2-1-3-5-13/h1-7,10-11,20H,8-9H2. The maximum absolute atomic E-state index is 9.04. The molecule has 3 nitrogen and oxygen atoms in total. The van der Waals surface area contributed by atoms with Crippen molar-refractivity contribution in [2.75, 3.05) is 6.61 Å². The first-order valence-corrected chi connectivity index (χ1v) is 7.73. The smallest absolute Gasteiger partial charge is 0.195 e. The van der Waals surface area contributed by atoms with Gasteiger partial charge < -0.3 is 5.11 Å². The second kappa shape index (κ2) is 4.98. The van der Waals surface area contributed by atoms with E-state index < -0.39 is 0 Å². The van der Waals surface area contributed by atoms with Crippen LogP contribution in [-0.2, 0) is 6.42 Å². The lowest BCUT2D eigenvalue weighted by molar-refractivity contribution is 0.299. The van der Waals surface area contributed by atoms with Crippen LogP contribution in [0.2, 0.25) is 0 Å². The normalized spacial score (nSPS) is 11.5. The Morgan fingerprint density at radius 2 is 1.95 bits per heavy atom. The van der Waals surface area contributed by atoms with Crippen molar-refractivity contribution < 1.29 is 5.11 Å². The highest BCUT2D eigenvalue weighted by molar-refractivity contribution is 7.23. The Bertz CT molecular complexity index is 908. The fourth-order valence-electron chi connectivity index (χ4n) is 2.58. The number of hydrogen-bond donors (Lipinski definition) is 1. The Hall–Kier alpha value is -2.17. The fourth-order valence-corrected chi connectivity index (χ4v) is 3.65. The summed E-state index contributed by atoms with van der Waals surface area (Å²) in [5.74, 6) is 0. The number of aliphatic hydroxyl groups excluding tert-OH is 1. The minimum absolute atomic E-state index is 0.187. The van der Waals surface area contributed by atoms with Crippen molar-refractivity contribution in [3.05, 3.63) is 60.3 Å². The molecule has 0 aliphatic heterocycles. The summed E-state index contributed by atoms with van der Waals surface area (Å²) in [5.41, 5.74) is 4.48. The third kappa shape index (κ3) is 2.13. The van der Waals surface area contributed by atoms with Gasteiger partial charge in [0.25, 0.3) is 0 Å². The molecule has 0 fully saturated rings. The Morgan fingerprint density at radius 1 is 1.10 bits per heavy atom. The van der Waals surface area contributed by atoms with E-state index in [4.69, 9.17) is 10.1 Å². The molecule has 0 amide bonds. The molecule has 0 aliphatic carbocycles. The SMILES string of the molecule is OCCc1ccc2c(c1)sc1nc(-c3ccccc3)cn12. The average Bonchev–Trinajstić information content (AvgIpc) is 3.05. The second-order valence-corrected chi connectivity index (χ2v) is 6.03. The number of benzene rings is 2. The van der Waals surface area contributed by atoms with Gasteiger partial charge in [0, 0.05) is 18.4 Å². The van der Waals surface area contributed by atoms with E-state index in [1.54, 1.807) is 11.3 Å². The molecule has 0 spiro atoms. The second-order valence-electron chi connectivity index (χ2n) is 5.02. The molecule has 104 valence electrons. The molecule has 2 aromatic carbocycles. The zero-order valence-corrected chi connectivity index (χ0v) is 12.2. The van der Waals surface area contributed by atoms with E-state index in [0.29, 0.717) is 6.42 Å². The van der Waals surface area contributed by atoms with Crippen molar-refractivity contribution in [2.24, 2.45) is 0 Å². The average molecular weight is 294 g/mol. The maximum Gasteiger partial charge on any atom is 0.195 e. The summed E-state index contributed by atoms with van der Waals surface area (Å²) in [4.78, 5) is 5.73. The molecule has 2 heterocycles. The molecule has 4 rings (SSSR count). The lowest BCUT2D eigenvalue weighted by Crippen LogP contribution is -1.89. The molecule has 0 saturated heterocycles. The molecule has 2 aromatic heterocycles. The van der Waals surface area contributed by atoms with Crippen LogP contribution >= 0.6 is 11.3 Å². The quantitative estimate of drug-likeness (QED) is 0.625. The Balaban J connectivity index is 1.86. The molecule has 0 radical (unpaired) electrons. The van der Waals surface area contributed by atoms with Crippen LogP contribution in [0.3, 0.4) is 0 Å². The highest BCUT2D eigenvalue weighted by atomic mass is 32.1. The van der Waals surface area contributed by atoms with Crippen LogP contribution in [0.4, 0.5) is 0 Å². The van der Waals surface area contributed by atoms with Gasteiger partial charge >= 0.3 is 0 Å². The van der Waals surface area contributed by atoms with Gasteiger partial charge in [-0.1, -0.05) is 47.7 Å². The zero-order chi connectivity index (χ0) is 14.2. The molecule has 0 aliphatic rings. The van der Waals surface area contributed by atoms with Gasteiger partial charge in [0.15, 0.2) is 4.96 Å². The number of fused-ring (bicyclic) bond motifs is 3. The molecule has 0 bridgehead atoms. The van der Waals surface area contributed by atoms with Crippen LogP contribution in [0.1, 0.15) is 5.56 Å². The first kappa shape index (κ1) is 12.6. The third-order valence-electron chi connectivity index (χ3n) is 3.63. The number of hydrogen-bond acceptors (Lipinski definition) is 3.